The molecule has 84 valence electrons. The normalized spacial score (nSPS) is 32.4. The minimum atomic E-state index is 0.416. The van der Waals surface area contributed by atoms with Crippen LogP contribution in [0.25, 0.3) is 0 Å². The van der Waals surface area contributed by atoms with Crippen LogP contribution < -0.4 is 0 Å². The number of hydrogen-bond acceptors (Lipinski definition) is 0. The van der Waals surface area contributed by atoms with Gasteiger partial charge < -0.3 is 0 Å². The van der Waals surface area contributed by atoms with Crippen LogP contribution in [0.2, 0.25) is 0 Å². The number of rotatable bonds is 6. The van der Waals surface area contributed by atoms with Gasteiger partial charge in [-0.1, -0.05) is 40.0 Å². The highest BCUT2D eigenvalue weighted by Gasteiger charge is 2.33. The summed E-state index contributed by atoms with van der Waals surface area (Å²) in [5.74, 6) is 0. The maximum atomic E-state index is 2.37. The Kier molecular flexibility index (Phi) is 6.10. The molecule has 2 unspecified atom stereocenters. The van der Waals surface area contributed by atoms with Crippen molar-refractivity contribution in [1.82, 2.24) is 0 Å². The van der Waals surface area contributed by atoms with E-state index >= 15 is 0 Å². The molecule has 1 saturated heterocycles. The Bertz CT molecular complexity index is 130. The van der Waals surface area contributed by atoms with Crippen LogP contribution >= 0.6 is 7.92 Å². The molecule has 2 atom stereocenters. The molecule has 1 heteroatoms. The summed E-state index contributed by atoms with van der Waals surface area (Å²) in [4.78, 5) is 0. The zero-order chi connectivity index (χ0) is 10.4. The predicted octanol–water partition coefficient (Wildman–Crippen LogP) is 5.01. The first-order valence-corrected chi connectivity index (χ1v) is 8.25. The first-order chi connectivity index (χ1) is 6.83. The Hall–Kier alpha value is 0.430. The van der Waals surface area contributed by atoms with Crippen molar-refractivity contribution in [3.05, 3.63) is 0 Å². The lowest BCUT2D eigenvalue weighted by Gasteiger charge is -2.25. The summed E-state index contributed by atoms with van der Waals surface area (Å²) < 4.78 is 0. The lowest BCUT2D eigenvalue weighted by atomic mass is 10.1. The van der Waals surface area contributed by atoms with E-state index in [2.05, 4.69) is 20.8 Å². The van der Waals surface area contributed by atoms with Gasteiger partial charge in [-0.2, -0.15) is 0 Å². The van der Waals surface area contributed by atoms with Crippen LogP contribution in [-0.4, -0.2) is 17.5 Å². The summed E-state index contributed by atoms with van der Waals surface area (Å²) in [6, 6.07) is 0. The smallest absolute Gasteiger partial charge is 0.0207 e. The molecule has 1 aliphatic rings. The maximum absolute atomic E-state index is 2.37. The van der Waals surface area contributed by atoms with E-state index in [9.17, 15) is 0 Å². The highest BCUT2D eigenvalue weighted by molar-refractivity contribution is 7.59. The lowest BCUT2D eigenvalue weighted by Crippen LogP contribution is -2.06. The van der Waals surface area contributed by atoms with E-state index < -0.39 is 0 Å². The van der Waals surface area contributed by atoms with Gasteiger partial charge in [-0.05, 0) is 43.2 Å². The van der Waals surface area contributed by atoms with Gasteiger partial charge >= 0.3 is 0 Å². The summed E-state index contributed by atoms with van der Waals surface area (Å²) in [6.45, 7) is 7.08. The van der Waals surface area contributed by atoms with Gasteiger partial charge in [0, 0.05) is 0 Å². The molecule has 0 aromatic carbocycles. The van der Waals surface area contributed by atoms with E-state index in [1.165, 1.54) is 32.1 Å². The molecule has 0 N–H and O–H groups in total. The largest absolute Gasteiger partial charge is 0.100 e. The first kappa shape index (κ1) is 12.5. The van der Waals surface area contributed by atoms with Crippen molar-refractivity contribution in [3.63, 3.8) is 0 Å². The fraction of sp³-hybridized carbons (Fsp3) is 1.00. The second-order valence-corrected chi connectivity index (χ2v) is 7.64. The highest BCUT2D eigenvalue weighted by Crippen LogP contribution is 2.58. The molecule has 0 amide bonds. The molecule has 1 fully saturated rings. The number of hydrogen-bond donors (Lipinski definition) is 0. The highest BCUT2D eigenvalue weighted by atomic mass is 31.1. The molecule has 0 radical (unpaired) electrons. The van der Waals surface area contributed by atoms with E-state index in [-0.39, 0.29) is 0 Å². The Labute approximate surface area is 91.6 Å². The molecule has 1 aliphatic heterocycles. The van der Waals surface area contributed by atoms with Crippen LogP contribution in [0.3, 0.4) is 0 Å². The van der Waals surface area contributed by atoms with Crippen LogP contribution in [0.5, 0.6) is 0 Å². The third-order valence-corrected chi connectivity index (χ3v) is 7.37. The van der Waals surface area contributed by atoms with Gasteiger partial charge in [-0.25, -0.2) is 0 Å². The van der Waals surface area contributed by atoms with Crippen LogP contribution in [-0.2, 0) is 0 Å². The molecule has 0 saturated carbocycles. The van der Waals surface area contributed by atoms with E-state index in [1.807, 2.05) is 0 Å². The van der Waals surface area contributed by atoms with Gasteiger partial charge in [-0.15, -0.1) is 7.92 Å². The lowest BCUT2D eigenvalue weighted by molar-refractivity contribution is 0.649. The maximum Gasteiger partial charge on any atom is -0.0207 e. The van der Waals surface area contributed by atoms with E-state index in [0.717, 1.165) is 11.3 Å². The van der Waals surface area contributed by atoms with E-state index in [4.69, 9.17) is 0 Å². The Morgan fingerprint density at radius 3 is 1.71 bits per heavy atom. The standard InChI is InChI=1S/C13H27P/c1-4-7-12-9-10-13(8-5-2)14(12)11-6-3/h12-13H,4-11H2,1-3H3. The molecule has 0 nitrogen and oxygen atoms in total. The summed E-state index contributed by atoms with van der Waals surface area (Å²) in [5, 5.41) is 0. The molecule has 0 aromatic heterocycles. The molecule has 14 heavy (non-hydrogen) atoms. The van der Waals surface area contributed by atoms with Crippen molar-refractivity contribution in [3.8, 4) is 0 Å². The average Bonchev–Trinajstić information content (AvgIpc) is 2.52. The SMILES string of the molecule is CCCC1CCC(CCC)P1CCC. The van der Waals surface area contributed by atoms with Crippen molar-refractivity contribution in [2.75, 3.05) is 6.16 Å². The fourth-order valence-electron chi connectivity index (χ4n) is 2.92. The zero-order valence-corrected chi connectivity index (χ0v) is 11.2. The van der Waals surface area contributed by atoms with Gasteiger partial charge in [-0.3, -0.25) is 0 Å². The minimum absolute atomic E-state index is 0.416. The van der Waals surface area contributed by atoms with Crippen molar-refractivity contribution < 1.29 is 0 Å². The van der Waals surface area contributed by atoms with E-state index in [0.29, 0.717) is 7.92 Å². The average molecular weight is 214 g/mol. The Morgan fingerprint density at radius 1 is 0.857 bits per heavy atom. The summed E-state index contributed by atoms with van der Waals surface area (Å²) in [5.41, 5.74) is 2.29. The second-order valence-electron chi connectivity index (χ2n) is 4.70. The Morgan fingerprint density at radius 2 is 1.36 bits per heavy atom. The topological polar surface area (TPSA) is 0 Å². The van der Waals surface area contributed by atoms with Crippen LogP contribution in [0, 0.1) is 0 Å². The van der Waals surface area contributed by atoms with Gasteiger partial charge in [0.25, 0.3) is 0 Å². The predicted molar refractivity (Wildman–Crippen MR) is 68.7 cm³/mol. The van der Waals surface area contributed by atoms with Gasteiger partial charge in [0.05, 0.1) is 0 Å². The monoisotopic (exact) mass is 214 g/mol. The van der Waals surface area contributed by atoms with Gasteiger partial charge in [0.1, 0.15) is 0 Å². The zero-order valence-electron chi connectivity index (χ0n) is 10.3. The molecule has 0 aromatic rings. The first-order valence-electron chi connectivity index (χ1n) is 6.59. The molecular weight excluding hydrogens is 187 g/mol. The van der Waals surface area contributed by atoms with Crippen LogP contribution in [0.15, 0.2) is 0 Å². The van der Waals surface area contributed by atoms with Gasteiger partial charge in [0.2, 0.25) is 0 Å². The molecule has 0 bridgehead atoms. The minimum Gasteiger partial charge on any atom is -0.100 e. The molecule has 0 spiro atoms. The Balaban J connectivity index is 2.45. The quantitative estimate of drug-likeness (QED) is 0.545. The molecule has 1 heterocycles. The molecular formula is C13H27P. The summed E-state index contributed by atoms with van der Waals surface area (Å²) >= 11 is 0. The van der Waals surface area contributed by atoms with Crippen molar-refractivity contribution >= 4 is 7.92 Å². The fourth-order valence-corrected chi connectivity index (χ4v) is 6.91. The second kappa shape index (κ2) is 6.83. The van der Waals surface area contributed by atoms with E-state index in [1.54, 1.807) is 19.0 Å². The van der Waals surface area contributed by atoms with Crippen molar-refractivity contribution in [1.29, 1.82) is 0 Å². The molecule has 0 aliphatic carbocycles. The van der Waals surface area contributed by atoms with Crippen molar-refractivity contribution in [2.24, 2.45) is 0 Å². The third kappa shape index (κ3) is 3.23. The molecule has 1 rings (SSSR count). The third-order valence-electron chi connectivity index (χ3n) is 3.50. The summed E-state index contributed by atoms with van der Waals surface area (Å²) in [7, 11) is 0.416. The van der Waals surface area contributed by atoms with Gasteiger partial charge in [0.15, 0.2) is 0 Å². The summed E-state index contributed by atoms with van der Waals surface area (Å²) in [6.07, 6.45) is 12.0. The van der Waals surface area contributed by atoms with Crippen LogP contribution in [0.4, 0.5) is 0 Å². The van der Waals surface area contributed by atoms with Crippen molar-refractivity contribution in [2.45, 2.75) is 77.0 Å². The van der Waals surface area contributed by atoms with Crippen LogP contribution in [0.1, 0.15) is 65.7 Å².